The number of hydrogen-bond donors (Lipinski definition) is 2. The molecule has 0 radical (unpaired) electrons. The minimum atomic E-state index is -0.530. The lowest BCUT2D eigenvalue weighted by Gasteiger charge is -2.40. The zero-order valence-electron chi connectivity index (χ0n) is 12.9. The van der Waals surface area contributed by atoms with E-state index in [1.807, 2.05) is 0 Å². The van der Waals surface area contributed by atoms with Crippen molar-refractivity contribution in [2.24, 2.45) is 22.5 Å². The molecule has 4 heteroatoms. The van der Waals surface area contributed by atoms with Gasteiger partial charge < -0.3 is 11.1 Å². The molecule has 2 saturated carbocycles. The fourth-order valence-electron chi connectivity index (χ4n) is 4.40. The number of fused-ring (bicyclic) bond motifs is 2. The smallest absolute Gasteiger partial charge is 0.248 e. The number of halogens is 1. The van der Waals surface area contributed by atoms with Crippen LogP contribution in [0, 0.1) is 22.6 Å². The molecule has 2 aliphatic carbocycles. The van der Waals surface area contributed by atoms with E-state index in [9.17, 15) is 9.18 Å². The minimum absolute atomic E-state index is 0.160. The first-order valence-corrected chi connectivity index (χ1v) is 7.61. The number of anilines is 1. The lowest BCUT2D eigenvalue weighted by atomic mass is 9.69. The fraction of sp³-hybridized carbons (Fsp3) is 0.588. The monoisotopic (exact) mass is 290 g/mol. The number of nitrogens with two attached hydrogens (primary N) is 1. The Morgan fingerprint density at radius 1 is 1.38 bits per heavy atom. The van der Waals surface area contributed by atoms with Gasteiger partial charge in [0.1, 0.15) is 5.82 Å². The average Bonchev–Trinajstić information content (AvgIpc) is 2.74. The number of nitrogens with one attached hydrogen (secondary N) is 1. The number of carbonyl (C=O) groups excluding carboxylic acids is 1. The largest absolute Gasteiger partial charge is 0.379 e. The first-order chi connectivity index (χ1) is 9.75. The van der Waals surface area contributed by atoms with Gasteiger partial charge in [-0.2, -0.15) is 0 Å². The summed E-state index contributed by atoms with van der Waals surface area (Å²) in [6, 6.07) is 4.50. The van der Waals surface area contributed by atoms with E-state index in [0.29, 0.717) is 17.2 Å². The highest BCUT2D eigenvalue weighted by atomic mass is 19.1. The van der Waals surface area contributed by atoms with Crippen LogP contribution in [0.25, 0.3) is 0 Å². The van der Waals surface area contributed by atoms with Gasteiger partial charge in [0.25, 0.3) is 0 Å². The summed E-state index contributed by atoms with van der Waals surface area (Å²) in [6.07, 6.45) is 3.48. The average molecular weight is 290 g/mol. The van der Waals surface area contributed by atoms with E-state index < -0.39 is 5.91 Å². The van der Waals surface area contributed by atoms with E-state index in [-0.39, 0.29) is 22.7 Å². The number of benzene rings is 1. The summed E-state index contributed by atoms with van der Waals surface area (Å²) in [5.41, 5.74) is 6.44. The number of amides is 1. The molecule has 3 N–H and O–H groups in total. The predicted octanol–water partition coefficient (Wildman–Crippen LogP) is 3.55. The van der Waals surface area contributed by atoms with Crippen molar-refractivity contribution in [1.82, 2.24) is 0 Å². The Bertz CT molecular complexity index is 598. The Kier molecular flexibility index (Phi) is 3.05. The molecule has 0 spiro atoms. The van der Waals surface area contributed by atoms with Crippen LogP contribution in [-0.4, -0.2) is 11.9 Å². The Balaban J connectivity index is 1.89. The molecule has 0 aliphatic heterocycles. The van der Waals surface area contributed by atoms with Crippen molar-refractivity contribution in [2.75, 3.05) is 5.32 Å². The highest BCUT2D eigenvalue weighted by Gasteiger charge is 2.61. The van der Waals surface area contributed by atoms with Crippen LogP contribution in [-0.2, 0) is 0 Å². The molecule has 3 atom stereocenters. The third-order valence-corrected chi connectivity index (χ3v) is 6.37. The highest BCUT2D eigenvalue weighted by Crippen LogP contribution is 2.65. The number of rotatable bonds is 3. The number of carbonyl (C=O) groups is 1. The molecule has 0 heterocycles. The van der Waals surface area contributed by atoms with Crippen LogP contribution >= 0.6 is 0 Å². The van der Waals surface area contributed by atoms with Crippen LogP contribution in [0.2, 0.25) is 0 Å². The Morgan fingerprint density at radius 3 is 2.62 bits per heavy atom. The maximum absolute atomic E-state index is 14.0. The van der Waals surface area contributed by atoms with Crippen LogP contribution in [0.5, 0.6) is 0 Å². The molecule has 0 aromatic heterocycles. The predicted molar refractivity (Wildman–Crippen MR) is 81.6 cm³/mol. The molecule has 2 fully saturated rings. The summed E-state index contributed by atoms with van der Waals surface area (Å²) < 4.78 is 14.0. The van der Waals surface area contributed by atoms with Crippen molar-refractivity contribution in [2.45, 2.75) is 46.1 Å². The molecule has 3 nitrogen and oxygen atoms in total. The third kappa shape index (κ3) is 1.95. The first-order valence-electron chi connectivity index (χ1n) is 7.61. The van der Waals surface area contributed by atoms with Crippen molar-refractivity contribution in [3.63, 3.8) is 0 Å². The van der Waals surface area contributed by atoms with E-state index in [0.717, 1.165) is 6.42 Å². The van der Waals surface area contributed by atoms with Gasteiger partial charge in [-0.25, -0.2) is 4.39 Å². The molecular weight excluding hydrogens is 267 g/mol. The number of hydrogen-bond acceptors (Lipinski definition) is 2. The minimum Gasteiger partial charge on any atom is -0.379 e. The van der Waals surface area contributed by atoms with Crippen molar-refractivity contribution in [3.05, 3.63) is 29.6 Å². The SMILES string of the molecule is CC1(C)C2CCC1(C)C(Nc1cc(C(N)=O)ccc1F)C2. The summed E-state index contributed by atoms with van der Waals surface area (Å²) in [7, 11) is 0. The first kappa shape index (κ1) is 14.4. The highest BCUT2D eigenvalue weighted by molar-refractivity contribution is 5.93. The summed E-state index contributed by atoms with van der Waals surface area (Å²) >= 11 is 0. The standard InChI is InChI=1S/C17H23FN2O/c1-16(2)11-6-7-17(16,3)14(9-11)20-13-8-10(15(19)21)4-5-12(13)18/h4-5,8,11,14,20H,6-7,9H2,1-3H3,(H2,19,21). The maximum atomic E-state index is 14.0. The Hall–Kier alpha value is -1.58. The quantitative estimate of drug-likeness (QED) is 0.894. The van der Waals surface area contributed by atoms with Crippen LogP contribution in [0.4, 0.5) is 10.1 Å². The van der Waals surface area contributed by atoms with Gasteiger partial charge in [0.05, 0.1) is 5.69 Å². The van der Waals surface area contributed by atoms with Crippen molar-refractivity contribution < 1.29 is 9.18 Å². The Labute approximate surface area is 125 Å². The molecule has 2 bridgehead atoms. The Morgan fingerprint density at radius 2 is 2.10 bits per heavy atom. The second-order valence-corrected chi connectivity index (χ2v) is 7.37. The second-order valence-electron chi connectivity index (χ2n) is 7.37. The molecule has 21 heavy (non-hydrogen) atoms. The fourth-order valence-corrected chi connectivity index (χ4v) is 4.40. The molecule has 3 rings (SSSR count). The van der Waals surface area contributed by atoms with Gasteiger partial charge in [-0.3, -0.25) is 4.79 Å². The number of primary amides is 1. The van der Waals surface area contributed by atoms with Gasteiger partial charge in [0.15, 0.2) is 0 Å². The molecule has 3 unspecified atom stereocenters. The zero-order valence-corrected chi connectivity index (χ0v) is 12.9. The summed E-state index contributed by atoms with van der Waals surface area (Å²) in [5, 5.41) is 3.35. The normalized spacial score (nSPS) is 33.1. The van der Waals surface area contributed by atoms with Crippen LogP contribution in [0.1, 0.15) is 50.4 Å². The second kappa shape index (κ2) is 4.46. The van der Waals surface area contributed by atoms with E-state index in [1.54, 1.807) is 0 Å². The van der Waals surface area contributed by atoms with Gasteiger partial charge in [-0.1, -0.05) is 20.8 Å². The van der Waals surface area contributed by atoms with Gasteiger partial charge in [0.2, 0.25) is 5.91 Å². The van der Waals surface area contributed by atoms with E-state index in [4.69, 9.17) is 5.73 Å². The molecule has 1 amide bonds. The van der Waals surface area contributed by atoms with Crippen molar-refractivity contribution in [3.8, 4) is 0 Å². The summed E-state index contributed by atoms with van der Waals surface area (Å²) in [4.78, 5) is 11.3. The van der Waals surface area contributed by atoms with Gasteiger partial charge in [-0.05, 0) is 54.2 Å². The summed E-state index contributed by atoms with van der Waals surface area (Å²) in [5.74, 6) is -0.177. The summed E-state index contributed by atoms with van der Waals surface area (Å²) in [6.45, 7) is 6.94. The van der Waals surface area contributed by atoms with Gasteiger partial charge >= 0.3 is 0 Å². The molecule has 2 aliphatic rings. The lowest BCUT2D eigenvalue weighted by Crippen LogP contribution is -2.40. The van der Waals surface area contributed by atoms with Crippen LogP contribution in [0.3, 0.4) is 0 Å². The lowest BCUT2D eigenvalue weighted by molar-refractivity contribution is 0.1000. The zero-order chi connectivity index (χ0) is 15.4. The van der Waals surface area contributed by atoms with E-state index in [2.05, 4.69) is 26.1 Å². The van der Waals surface area contributed by atoms with E-state index in [1.165, 1.54) is 31.0 Å². The molecular formula is C17H23FN2O. The topological polar surface area (TPSA) is 55.1 Å². The molecule has 1 aromatic carbocycles. The van der Waals surface area contributed by atoms with Crippen molar-refractivity contribution in [1.29, 1.82) is 0 Å². The molecule has 114 valence electrons. The van der Waals surface area contributed by atoms with Gasteiger partial charge in [0, 0.05) is 11.6 Å². The third-order valence-electron chi connectivity index (χ3n) is 6.37. The van der Waals surface area contributed by atoms with E-state index >= 15 is 0 Å². The van der Waals surface area contributed by atoms with Crippen LogP contribution in [0.15, 0.2) is 18.2 Å². The van der Waals surface area contributed by atoms with Gasteiger partial charge in [-0.15, -0.1) is 0 Å². The van der Waals surface area contributed by atoms with Crippen molar-refractivity contribution >= 4 is 11.6 Å². The van der Waals surface area contributed by atoms with Crippen LogP contribution < -0.4 is 11.1 Å². The molecule has 1 aromatic rings. The maximum Gasteiger partial charge on any atom is 0.248 e. The molecule has 0 saturated heterocycles.